The van der Waals surface area contributed by atoms with Crippen LogP contribution in [0.2, 0.25) is 0 Å². The minimum Gasteiger partial charge on any atom is -0.368 e. The lowest BCUT2D eigenvalue weighted by atomic mass is 10.2. The number of aromatic nitrogens is 3. The third-order valence-electron chi connectivity index (χ3n) is 2.48. The molecule has 0 aliphatic carbocycles. The molecule has 2 N–H and O–H groups in total. The number of thioether (sulfide) groups is 1. The van der Waals surface area contributed by atoms with E-state index in [1.165, 1.54) is 5.56 Å². The van der Waals surface area contributed by atoms with Crippen LogP contribution in [0.15, 0.2) is 54.2 Å². The van der Waals surface area contributed by atoms with Crippen LogP contribution >= 0.6 is 11.8 Å². The number of nitrogens with zero attached hydrogens (tertiary/aromatic N) is 3. The van der Waals surface area contributed by atoms with Crippen molar-refractivity contribution >= 4 is 23.8 Å². The van der Waals surface area contributed by atoms with E-state index in [4.69, 9.17) is 5.73 Å². The lowest BCUT2D eigenvalue weighted by Gasteiger charge is -2.02. The zero-order valence-electron chi connectivity index (χ0n) is 10.6. The summed E-state index contributed by atoms with van der Waals surface area (Å²) >= 11 is 1.60. The predicted octanol–water partition coefficient (Wildman–Crippen LogP) is 2.85. The van der Waals surface area contributed by atoms with Crippen LogP contribution in [-0.4, -0.2) is 20.5 Å². The van der Waals surface area contributed by atoms with E-state index in [0.717, 1.165) is 10.9 Å². The standard InChI is InChI=1S/C14H16N4S/c1-2-10-18-13(15)16-17-14(18)19-11-6-9-12-7-4-3-5-8-12/h2-9H,1,10-11H2,(H2,15,16)/b9-6+. The SMILES string of the molecule is C=CCn1c(N)nnc1SC/C=C/c1ccccc1. The highest BCUT2D eigenvalue weighted by atomic mass is 32.2. The number of anilines is 1. The zero-order valence-corrected chi connectivity index (χ0v) is 11.4. The number of rotatable bonds is 6. The topological polar surface area (TPSA) is 56.7 Å². The van der Waals surface area contributed by atoms with Gasteiger partial charge in [-0.3, -0.25) is 4.57 Å². The first-order chi connectivity index (χ1) is 9.31. The smallest absolute Gasteiger partial charge is 0.222 e. The van der Waals surface area contributed by atoms with E-state index < -0.39 is 0 Å². The molecule has 0 amide bonds. The Hall–Kier alpha value is -2.01. The van der Waals surface area contributed by atoms with Gasteiger partial charge in [0, 0.05) is 12.3 Å². The summed E-state index contributed by atoms with van der Waals surface area (Å²) in [4.78, 5) is 0. The van der Waals surface area contributed by atoms with Gasteiger partial charge in [0.2, 0.25) is 5.95 Å². The molecule has 1 aromatic heterocycles. The van der Waals surface area contributed by atoms with Crippen LogP contribution in [-0.2, 0) is 6.54 Å². The van der Waals surface area contributed by atoms with E-state index in [-0.39, 0.29) is 0 Å². The molecule has 0 aliphatic heterocycles. The van der Waals surface area contributed by atoms with Gasteiger partial charge in [-0.2, -0.15) is 0 Å². The monoisotopic (exact) mass is 272 g/mol. The van der Waals surface area contributed by atoms with Crippen molar-refractivity contribution in [3.63, 3.8) is 0 Å². The zero-order chi connectivity index (χ0) is 13.5. The molecule has 0 saturated heterocycles. The van der Waals surface area contributed by atoms with Crippen molar-refractivity contribution in [1.29, 1.82) is 0 Å². The van der Waals surface area contributed by atoms with Crippen molar-refractivity contribution in [3.8, 4) is 0 Å². The summed E-state index contributed by atoms with van der Waals surface area (Å²) < 4.78 is 1.84. The Morgan fingerprint density at radius 1 is 1.26 bits per heavy atom. The molecular weight excluding hydrogens is 256 g/mol. The van der Waals surface area contributed by atoms with Crippen LogP contribution in [0.4, 0.5) is 5.95 Å². The Morgan fingerprint density at radius 2 is 2.05 bits per heavy atom. The van der Waals surface area contributed by atoms with Crippen molar-refractivity contribution in [2.75, 3.05) is 11.5 Å². The second-order valence-corrected chi connectivity index (χ2v) is 4.85. The predicted molar refractivity (Wildman–Crippen MR) is 80.8 cm³/mol. The van der Waals surface area contributed by atoms with Crippen LogP contribution in [0, 0.1) is 0 Å². The maximum absolute atomic E-state index is 5.73. The van der Waals surface area contributed by atoms with Crippen molar-refractivity contribution in [2.45, 2.75) is 11.7 Å². The average Bonchev–Trinajstić information content (AvgIpc) is 2.78. The van der Waals surface area contributed by atoms with Gasteiger partial charge in [0.15, 0.2) is 5.16 Å². The number of hydrogen-bond acceptors (Lipinski definition) is 4. The minimum absolute atomic E-state index is 0.425. The fourth-order valence-electron chi connectivity index (χ4n) is 1.58. The third kappa shape index (κ3) is 3.72. The Balaban J connectivity index is 1.92. The maximum Gasteiger partial charge on any atom is 0.222 e. The largest absolute Gasteiger partial charge is 0.368 e. The van der Waals surface area contributed by atoms with Gasteiger partial charge in [-0.25, -0.2) is 0 Å². The van der Waals surface area contributed by atoms with Crippen LogP contribution in [0.1, 0.15) is 5.56 Å². The number of nitrogen functional groups attached to an aromatic ring is 1. The number of benzene rings is 1. The van der Waals surface area contributed by atoms with Gasteiger partial charge in [0.1, 0.15) is 0 Å². The van der Waals surface area contributed by atoms with E-state index in [0.29, 0.717) is 12.5 Å². The molecule has 0 bridgehead atoms. The summed E-state index contributed by atoms with van der Waals surface area (Å²) in [6, 6.07) is 10.2. The maximum atomic E-state index is 5.73. The quantitative estimate of drug-likeness (QED) is 0.649. The van der Waals surface area contributed by atoms with Crippen molar-refractivity contribution in [2.24, 2.45) is 0 Å². The molecule has 5 heteroatoms. The van der Waals surface area contributed by atoms with Crippen LogP contribution in [0.25, 0.3) is 6.08 Å². The molecule has 1 heterocycles. The van der Waals surface area contributed by atoms with Gasteiger partial charge in [-0.05, 0) is 5.56 Å². The molecule has 0 saturated carbocycles. The molecular formula is C14H16N4S. The molecule has 0 radical (unpaired) electrons. The fourth-order valence-corrected chi connectivity index (χ4v) is 2.34. The first-order valence-electron chi connectivity index (χ1n) is 5.95. The summed E-state index contributed by atoms with van der Waals surface area (Å²) in [6.07, 6.45) is 5.97. The fraction of sp³-hybridized carbons (Fsp3) is 0.143. The third-order valence-corrected chi connectivity index (χ3v) is 3.40. The Kier molecular flexibility index (Phi) is 4.80. The van der Waals surface area contributed by atoms with Gasteiger partial charge < -0.3 is 5.73 Å². The molecule has 2 rings (SSSR count). The van der Waals surface area contributed by atoms with Gasteiger partial charge in [-0.1, -0.05) is 60.3 Å². The molecule has 1 aromatic carbocycles. The highest BCUT2D eigenvalue weighted by molar-refractivity contribution is 7.99. The van der Waals surface area contributed by atoms with Gasteiger partial charge in [0.05, 0.1) is 0 Å². The highest BCUT2D eigenvalue weighted by Gasteiger charge is 2.07. The first kappa shape index (κ1) is 13.4. The Labute approximate surface area is 117 Å². The molecule has 0 aliphatic rings. The number of hydrogen-bond donors (Lipinski definition) is 1. The van der Waals surface area contributed by atoms with Gasteiger partial charge in [0.25, 0.3) is 0 Å². The van der Waals surface area contributed by atoms with E-state index in [1.807, 2.05) is 22.8 Å². The molecule has 19 heavy (non-hydrogen) atoms. The van der Waals surface area contributed by atoms with E-state index in [2.05, 4.69) is 41.1 Å². The molecule has 0 fully saturated rings. The molecule has 0 atom stereocenters. The van der Waals surface area contributed by atoms with Crippen molar-refractivity contribution < 1.29 is 0 Å². The summed E-state index contributed by atoms with van der Waals surface area (Å²) in [5.41, 5.74) is 6.92. The summed E-state index contributed by atoms with van der Waals surface area (Å²) in [5, 5.41) is 8.73. The van der Waals surface area contributed by atoms with E-state index in [9.17, 15) is 0 Å². The van der Waals surface area contributed by atoms with E-state index in [1.54, 1.807) is 17.8 Å². The number of allylic oxidation sites excluding steroid dienone is 1. The lowest BCUT2D eigenvalue weighted by molar-refractivity contribution is 0.734. The molecule has 98 valence electrons. The van der Waals surface area contributed by atoms with Crippen molar-refractivity contribution in [1.82, 2.24) is 14.8 Å². The highest BCUT2D eigenvalue weighted by Crippen LogP contribution is 2.18. The van der Waals surface area contributed by atoms with Crippen LogP contribution in [0.3, 0.4) is 0 Å². The average molecular weight is 272 g/mol. The van der Waals surface area contributed by atoms with Crippen LogP contribution in [0.5, 0.6) is 0 Å². The molecule has 2 aromatic rings. The second-order valence-electron chi connectivity index (χ2n) is 3.86. The molecule has 4 nitrogen and oxygen atoms in total. The van der Waals surface area contributed by atoms with E-state index >= 15 is 0 Å². The molecule has 0 unspecified atom stereocenters. The first-order valence-corrected chi connectivity index (χ1v) is 6.94. The van der Waals surface area contributed by atoms with Gasteiger partial charge in [-0.15, -0.1) is 16.8 Å². The molecule has 0 spiro atoms. The van der Waals surface area contributed by atoms with Crippen molar-refractivity contribution in [3.05, 3.63) is 54.6 Å². The second kappa shape index (κ2) is 6.80. The van der Waals surface area contributed by atoms with Gasteiger partial charge >= 0.3 is 0 Å². The summed E-state index contributed by atoms with van der Waals surface area (Å²) in [5.74, 6) is 1.25. The Bertz CT molecular complexity index is 560. The minimum atomic E-state index is 0.425. The lowest BCUT2D eigenvalue weighted by Crippen LogP contribution is -2.02. The normalized spacial score (nSPS) is 10.9. The van der Waals surface area contributed by atoms with Crippen LogP contribution < -0.4 is 5.73 Å². The summed E-state index contributed by atoms with van der Waals surface area (Å²) in [6.45, 7) is 4.33. The summed E-state index contributed by atoms with van der Waals surface area (Å²) in [7, 11) is 0. The Morgan fingerprint density at radius 3 is 2.79 bits per heavy atom. The number of nitrogens with two attached hydrogens (primary N) is 1.